The van der Waals surface area contributed by atoms with Gasteiger partial charge in [0.05, 0.1) is 5.51 Å². The minimum absolute atomic E-state index is 0.0807. The first-order valence-electron chi connectivity index (χ1n) is 4.94. The summed E-state index contributed by atoms with van der Waals surface area (Å²) in [7, 11) is 0. The average molecular weight is 261 g/mol. The normalized spacial score (nSPS) is 28.6. The number of nitrogens with zero attached hydrogens (tertiary/aromatic N) is 1. The second-order valence-electron chi connectivity index (χ2n) is 3.90. The number of thiazole rings is 1. The summed E-state index contributed by atoms with van der Waals surface area (Å²) < 4.78 is 38.4. The van der Waals surface area contributed by atoms with Gasteiger partial charge in [-0.15, -0.1) is 11.3 Å². The van der Waals surface area contributed by atoms with Crippen molar-refractivity contribution in [2.24, 2.45) is 5.92 Å². The number of rotatable bonds is 2. The van der Waals surface area contributed by atoms with E-state index in [1.165, 1.54) is 41.3 Å². The fourth-order valence-electron chi connectivity index (χ4n) is 1.84. The molecule has 0 bridgehead atoms. The van der Waals surface area contributed by atoms with Gasteiger partial charge in [0.15, 0.2) is 0 Å². The Morgan fingerprint density at radius 1 is 1.41 bits per heavy atom. The van der Waals surface area contributed by atoms with E-state index in [1.54, 1.807) is 0 Å². The molecule has 0 aliphatic heterocycles. The van der Waals surface area contributed by atoms with E-state index in [9.17, 15) is 18.3 Å². The van der Waals surface area contributed by atoms with E-state index >= 15 is 0 Å². The molecule has 1 aromatic heterocycles. The number of aliphatic hydroxyl groups is 1. The van der Waals surface area contributed by atoms with Crippen molar-refractivity contribution in [2.45, 2.75) is 18.2 Å². The van der Waals surface area contributed by atoms with Crippen molar-refractivity contribution < 1.29 is 18.3 Å². The van der Waals surface area contributed by atoms with Crippen LogP contribution in [0.4, 0.5) is 13.2 Å². The van der Waals surface area contributed by atoms with Gasteiger partial charge in [-0.3, -0.25) is 4.98 Å². The maximum absolute atomic E-state index is 12.8. The molecule has 2 rings (SSSR count). The third-order valence-corrected chi connectivity index (χ3v) is 3.41. The molecule has 0 radical (unpaired) electrons. The predicted octanol–water partition coefficient (Wildman–Crippen LogP) is 2.72. The van der Waals surface area contributed by atoms with Crippen LogP contribution in [-0.2, 0) is 6.42 Å². The molecule has 0 saturated heterocycles. The molecule has 1 aliphatic carbocycles. The lowest BCUT2D eigenvalue weighted by atomic mass is 9.80. The summed E-state index contributed by atoms with van der Waals surface area (Å²) in [6.07, 6.45) is 1.86. The molecule has 2 unspecified atom stereocenters. The summed E-state index contributed by atoms with van der Waals surface area (Å²) in [6.45, 7) is 0. The first kappa shape index (κ1) is 12.3. The van der Waals surface area contributed by atoms with Gasteiger partial charge in [0.25, 0.3) is 0 Å². The van der Waals surface area contributed by atoms with Gasteiger partial charge in [-0.05, 0) is 0 Å². The van der Waals surface area contributed by atoms with Crippen LogP contribution < -0.4 is 0 Å². The highest BCUT2D eigenvalue weighted by Crippen LogP contribution is 2.40. The van der Waals surface area contributed by atoms with Crippen LogP contribution in [-0.4, -0.2) is 21.9 Å². The van der Waals surface area contributed by atoms with E-state index in [2.05, 4.69) is 4.98 Å². The smallest absolute Gasteiger partial charge is 0.384 e. The molecule has 92 valence electrons. The van der Waals surface area contributed by atoms with E-state index in [0.717, 1.165) is 6.08 Å². The number of hydrogen-bond acceptors (Lipinski definition) is 3. The Morgan fingerprint density at radius 2 is 2.18 bits per heavy atom. The predicted molar refractivity (Wildman–Crippen MR) is 58.6 cm³/mol. The van der Waals surface area contributed by atoms with E-state index in [4.69, 9.17) is 0 Å². The second-order valence-corrected chi connectivity index (χ2v) is 4.87. The largest absolute Gasteiger partial charge is 0.398 e. The molecule has 1 aromatic rings. The van der Waals surface area contributed by atoms with Crippen molar-refractivity contribution in [3.8, 4) is 0 Å². The van der Waals surface area contributed by atoms with E-state index < -0.39 is 17.7 Å². The number of allylic oxidation sites excluding steroid dienone is 2. The Balaban J connectivity index is 2.27. The standard InChI is InChI=1S/C11H10F3NOS/c12-11(13,14)9-3-1-2-4-10(9,16)5-8-6-15-7-17-8/h1-4,6-7,9,16H,5H2. The molecule has 6 heteroatoms. The number of hydrogen-bond donors (Lipinski definition) is 1. The summed E-state index contributed by atoms with van der Waals surface area (Å²) in [5.74, 6) is -1.87. The van der Waals surface area contributed by atoms with Crippen LogP contribution in [0, 0.1) is 5.92 Å². The molecular weight excluding hydrogens is 251 g/mol. The summed E-state index contributed by atoms with van der Waals surface area (Å²) >= 11 is 1.23. The Hall–Kier alpha value is -1.14. The lowest BCUT2D eigenvalue weighted by Gasteiger charge is -2.34. The monoisotopic (exact) mass is 261 g/mol. The molecule has 1 N–H and O–H groups in total. The number of aromatic nitrogens is 1. The van der Waals surface area contributed by atoms with Crippen molar-refractivity contribution in [3.63, 3.8) is 0 Å². The minimum Gasteiger partial charge on any atom is -0.384 e. The van der Waals surface area contributed by atoms with Gasteiger partial charge in [-0.2, -0.15) is 13.2 Å². The molecule has 2 atom stereocenters. The maximum atomic E-state index is 12.8. The van der Waals surface area contributed by atoms with Gasteiger partial charge in [-0.25, -0.2) is 0 Å². The Morgan fingerprint density at radius 3 is 2.76 bits per heavy atom. The lowest BCUT2D eigenvalue weighted by molar-refractivity contribution is -0.200. The van der Waals surface area contributed by atoms with E-state index in [-0.39, 0.29) is 6.42 Å². The van der Waals surface area contributed by atoms with Crippen LogP contribution in [0.1, 0.15) is 4.88 Å². The fourth-order valence-corrected chi connectivity index (χ4v) is 2.53. The summed E-state index contributed by atoms with van der Waals surface area (Å²) in [4.78, 5) is 4.42. The number of alkyl halides is 3. The highest BCUT2D eigenvalue weighted by Gasteiger charge is 2.51. The molecule has 0 aromatic carbocycles. The van der Waals surface area contributed by atoms with Crippen LogP contribution >= 0.6 is 11.3 Å². The molecule has 0 saturated carbocycles. The zero-order valence-corrected chi connectivity index (χ0v) is 9.50. The van der Waals surface area contributed by atoms with E-state index in [0.29, 0.717) is 4.88 Å². The Bertz CT molecular complexity index is 438. The molecule has 17 heavy (non-hydrogen) atoms. The maximum Gasteiger partial charge on any atom is 0.398 e. The SMILES string of the molecule is OC1(Cc2cncs2)C=CC=CC1C(F)(F)F. The molecule has 0 amide bonds. The second kappa shape index (κ2) is 4.27. The Kier molecular flexibility index (Phi) is 3.09. The van der Waals surface area contributed by atoms with Gasteiger partial charge in [0.1, 0.15) is 11.5 Å². The molecule has 0 spiro atoms. The Labute approximate surface area is 100 Å². The average Bonchev–Trinajstić information content (AvgIpc) is 2.68. The van der Waals surface area contributed by atoms with Crippen molar-refractivity contribution in [1.29, 1.82) is 0 Å². The summed E-state index contributed by atoms with van der Waals surface area (Å²) in [6, 6.07) is 0. The third kappa shape index (κ3) is 2.58. The van der Waals surface area contributed by atoms with Gasteiger partial charge in [0.2, 0.25) is 0 Å². The minimum atomic E-state index is -4.46. The van der Waals surface area contributed by atoms with Crippen LogP contribution in [0.2, 0.25) is 0 Å². The number of halogens is 3. The van der Waals surface area contributed by atoms with Crippen molar-refractivity contribution >= 4 is 11.3 Å². The topological polar surface area (TPSA) is 33.1 Å². The van der Waals surface area contributed by atoms with Gasteiger partial charge in [0, 0.05) is 17.5 Å². The van der Waals surface area contributed by atoms with Crippen LogP contribution in [0.25, 0.3) is 0 Å². The summed E-state index contributed by atoms with van der Waals surface area (Å²) in [5, 5.41) is 10.2. The van der Waals surface area contributed by atoms with Gasteiger partial charge in [-0.1, -0.05) is 24.3 Å². The molecular formula is C11H10F3NOS. The highest BCUT2D eigenvalue weighted by atomic mass is 32.1. The van der Waals surface area contributed by atoms with Crippen molar-refractivity contribution in [2.75, 3.05) is 0 Å². The summed E-state index contributed by atoms with van der Waals surface area (Å²) in [5.41, 5.74) is -0.386. The third-order valence-electron chi connectivity index (χ3n) is 2.63. The molecule has 1 aliphatic rings. The quantitative estimate of drug-likeness (QED) is 0.888. The fraction of sp³-hybridized carbons (Fsp3) is 0.364. The zero-order chi connectivity index (χ0) is 12.5. The highest BCUT2D eigenvalue weighted by molar-refractivity contribution is 7.09. The molecule has 1 heterocycles. The van der Waals surface area contributed by atoms with Crippen molar-refractivity contribution in [3.05, 3.63) is 40.9 Å². The molecule has 2 nitrogen and oxygen atoms in total. The lowest BCUT2D eigenvalue weighted by Crippen LogP contribution is -2.46. The van der Waals surface area contributed by atoms with E-state index in [1.807, 2.05) is 0 Å². The first-order valence-corrected chi connectivity index (χ1v) is 5.82. The van der Waals surface area contributed by atoms with Crippen LogP contribution in [0.5, 0.6) is 0 Å². The van der Waals surface area contributed by atoms with Crippen LogP contribution in [0.3, 0.4) is 0 Å². The van der Waals surface area contributed by atoms with Gasteiger partial charge >= 0.3 is 6.18 Å². The van der Waals surface area contributed by atoms with Crippen LogP contribution in [0.15, 0.2) is 36.0 Å². The molecule has 0 fully saturated rings. The zero-order valence-electron chi connectivity index (χ0n) is 8.69. The van der Waals surface area contributed by atoms with Crippen molar-refractivity contribution in [1.82, 2.24) is 4.98 Å². The first-order chi connectivity index (χ1) is 7.92. The van der Waals surface area contributed by atoms with Gasteiger partial charge < -0.3 is 5.11 Å².